The van der Waals surface area contributed by atoms with Crippen molar-refractivity contribution in [2.45, 2.75) is 26.3 Å². The lowest BCUT2D eigenvalue weighted by Gasteiger charge is -2.30. The Morgan fingerprint density at radius 3 is 3.05 bits per heavy atom. The molecule has 0 fully saturated rings. The first-order valence-corrected chi connectivity index (χ1v) is 6.70. The summed E-state index contributed by atoms with van der Waals surface area (Å²) < 4.78 is 0. The van der Waals surface area contributed by atoms with Crippen molar-refractivity contribution in [2.75, 3.05) is 17.2 Å². The molecule has 0 unspecified atom stereocenters. The fourth-order valence-corrected chi connectivity index (χ4v) is 2.55. The Labute approximate surface area is 113 Å². The van der Waals surface area contributed by atoms with E-state index in [2.05, 4.69) is 33.9 Å². The minimum absolute atomic E-state index is 0.835. The molecule has 4 heteroatoms. The van der Waals surface area contributed by atoms with E-state index in [4.69, 9.17) is 5.73 Å². The van der Waals surface area contributed by atoms with Crippen molar-refractivity contribution in [3.05, 3.63) is 47.4 Å². The van der Waals surface area contributed by atoms with Crippen LogP contribution in [0, 0.1) is 0 Å². The Morgan fingerprint density at radius 1 is 1.32 bits per heavy atom. The normalized spacial score (nSPS) is 14.3. The standard InChI is InChI=1S/C15H18N4/c1-2-12-8-15(18-10-17-12)19-7-6-11-4-3-5-14(16)13(11)9-19/h3-5,8,10H,2,6-7,9,16H2,1H3. The van der Waals surface area contributed by atoms with E-state index < -0.39 is 0 Å². The summed E-state index contributed by atoms with van der Waals surface area (Å²) in [6.07, 6.45) is 3.60. The largest absolute Gasteiger partial charge is 0.398 e. The second kappa shape index (κ2) is 4.88. The molecule has 0 spiro atoms. The van der Waals surface area contributed by atoms with Crippen LogP contribution in [-0.4, -0.2) is 16.5 Å². The topological polar surface area (TPSA) is 55.0 Å². The van der Waals surface area contributed by atoms with Crippen LogP contribution in [0.15, 0.2) is 30.6 Å². The molecule has 3 rings (SSSR count). The Bertz CT molecular complexity index is 594. The van der Waals surface area contributed by atoms with Gasteiger partial charge in [0.15, 0.2) is 0 Å². The monoisotopic (exact) mass is 254 g/mol. The lowest BCUT2D eigenvalue weighted by Crippen LogP contribution is -2.31. The zero-order valence-electron chi connectivity index (χ0n) is 11.1. The zero-order chi connectivity index (χ0) is 13.2. The van der Waals surface area contributed by atoms with Crippen molar-refractivity contribution in [1.29, 1.82) is 0 Å². The first kappa shape index (κ1) is 12.0. The third kappa shape index (κ3) is 2.26. The van der Waals surface area contributed by atoms with Crippen molar-refractivity contribution in [3.63, 3.8) is 0 Å². The average molecular weight is 254 g/mol. The van der Waals surface area contributed by atoms with Crippen molar-refractivity contribution in [2.24, 2.45) is 0 Å². The first-order valence-electron chi connectivity index (χ1n) is 6.70. The second-order valence-electron chi connectivity index (χ2n) is 4.88. The van der Waals surface area contributed by atoms with Gasteiger partial charge in [0.05, 0.1) is 0 Å². The second-order valence-corrected chi connectivity index (χ2v) is 4.88. The first-order chi connectivity index (χ1) is 9.28. The van der Waals surface area contributed by atoms with E-state index in [0.717, 1.165) is 43.1 Å². The maximum atomic E-state index is 6.08. The molecule has 0 radical (unpaired) electrons. The number of rotatable bonds is 2. The van der Waals surface area contributed by atoms with Crippen molar-refractivity contribution in [3.8, 4) is 0 Å². The van der Waals surface area contributed by atoms with Crippen LogP contribution in [0.3, 0.4) is 0 Å². The van der Waals surface area contributed by atoms with Gasteiger partial charge in [0.25, 0.3) is 0 Å². The molecule has 0 amide bonds. The third-order valence-electron chi connectivity index (χ3n) is 3.70. The summed E-state index contributed by atoms with van der Waals surface area (Å²) in [5.74, 6) is 1.00. The number of nitrogens with zero attached hydrogens (tertiary/aromatic N) is 3. The molecule has 2 heterocycles. The number of aromatic nitrogens is 2. The summed E-state index contributed by atoms with van der Waals surface area (Å²) in [6.45, 7) is 3.93. The van der Waals surface area contributed by atoms with Crippen molar-refractivity contribution >= 4 is 11.5 Å². The van der Waals surface area contributed by atoms with Gasteiger partial charge in [-0.15, -0.1) is 0 Å². The molecule has 1 aliphatic heterocycles. The van der Waals surface area contributed by atoms with Gasteiger partial charge in [-0.3, -0.25) is 0 Å². The van der Waals surface area contributed by atoms with E-state index in [9.17, 15) is 0 Å². The summed E-state index contributed by atoms with van der Waals surface area (Å²) in [7, 11) is 0. The number of anilines is 2. The van der Waals surface area contributed by atoms with Crippen LogP contribution in [0.1, 0.15) is 23.7 Å². The van der Waals surface area contributed by atoms with Crippen LogP contribution >= 0.6 is 0 Å². The van der Waals surface area contributed by atoms with E-state index in [1.165, 1.54) is 11.1 Å². The Balaban J connectivity index is 1.91. The highest BCUT2D eigenvalue weighted by molar-refractivity contribution is 5.55. The van der Waals surface area contributed by atoms with Gasteiger partial charge in [0.1, 0.15) is 12.1 Å². The maximum absolute atomic E-state index is 6.08. The minimum atomic E-state index is 0.835. The van der Waals surface area contributed by atoms with Gasteiger partial charge in [0.2, 0.25) is 0 Å². The van der Waals surface area contributed by atoms with Gasteiger partial charge in [-0.25, -0.2) is 9.97 Å². The molecule has 1 aliphatic rings. The lowest BCUT2D eigenvalue weighted by molar-refractivity contribution is 0.719. The molecule has 4 nitrogen and oxygen atoms in total. The number of fused-ring (bicyclic) bond motifs is 1. The number of nitrogens with two attached hydrogens (primary N) is 1. The third-order valence-corrected chi connectivity index (χ3v) is 3.70. The quantitative estimate of drug-likeness (QED) is 0.835. The highest BCUT2D eigenvalue weighted by Gasteiger charge is 2.19. The van der Waals surface area contributed by atoms with Gasteiger partial charge < -0.3 is 10.6 Å². The van der Waals surface area contributed by atoms with E-state index >= 15 is 0 Å². The molecule has 19 heavy (non-hydrogen) atoms. The zero-order valence-corrected chi connectivity index (χ0v) is 11.1. The molecule has 0 bridgehead atoms. The fraction of sp³-hybridized carbons (Fsp3) is 0.333. The molecule has 0 saturated heterocycles. The smallest absolute Gasteiger partial charge is 0.132 e. The molecule has 2 N–H and O–H groups in total. The molecule has 1 aromatic heterocycles. The van der Waals surface area contributed by atoms with Gasteiger partial charge in [-0.05, 0) is 30.0 Å². The van der Waals surface area contributed by atoms with Crippen LogP contribution in [0.2, 0.25) is 0 Å². The highest BCUT2D eigenvalue weighted by Crippen LogP contribution is 2.27. The summed E-state index contributed by atoms with van der Waals surface area (Å²) in [4.78, 5) is 10.9. The predicted octanol–water partition coefficient (Wildman–Crippen LogP) is 2.18. The molecule has 98 valence electrons. The molecule has 2 aromatic rings. The van der Waals surface area contributed by atoms with Crippen LogP contribution in [-0.2, 0) is 19.4 Å². The molecular weight excluding hydrogens is 236 g/mol. The maximum Gasteiger partial charge on any atom is 0.132 e. The minimum Gasteiger partial charge on any atom is -0.398 e. The molecule has 0 saturated carbocycles. The summed E-state index contributed by atoms with van der Waals surface area (Å²) in [5, 5.41) is 0. The van der Waals surface area contributed by atoms with Gasteiger partial charge in [0, 0.05) is 30.5 Å². The summed E-state index contributed by atoms with van der Waals surface area (Å²) >= 11 is 0. The molecule has 0 atom stereocenters. The number of hydrogen-bond donors (Lipinski definition) is 1. The van der Waals surface area contributed by atoms with Gasteiger partial charge in [-0.2, -0.15) is 0 Å². The van der Waals surface area contributed by atoms with E-state index in [-0.39, 0.29) is 0 Å². The van der Waals surface area contributed by atoms with Gasteiger partial charge >= 0.3 is 0 Å². The van der Waals surface area contributed by atoms with Gasteiger partial charge in [-0.1, -0.05) is 19.1 Å². The van der Waals surface area contributed by atoms with Crippen molar-refractivity contribution in [1.82, 2.24) is 9.97 Å². The Morgan fingerprint density at radius 2 is 2.21 bits per heavy atom. The number of benzene rings is 1. The summed E-state index contributed by atoms with van der Waals surface area (Å²) in [5.41, 5.74) is 10.6. The number of aryl methyl sites for hydroxylation is 1. The Hall–Kier alpha value is -2.10. The van der Waals surface area contributed by atoms with Crippen LogP contribution in [0.4, 0.5) is 11.5 Å². The predicted molar refractivity (Wildman–Crippen MR) is 77.0 cm³/mol. The highest BCUT2D eigenvalue weighted by atomic mass is 15.2. The van der Waals surface area contributed by atoms with E-state index in [1.54, 1.807) is 6.33 Å². The van der Waals surface area contributed by atoms with Crippen molar-refractivity contribution < 1.29 is 0 Å². The average Bonchev–Trinajstić information content (AvgIpc) is 2.47. The van der Waals surface area contributed by atoms with E-state index in [1.807, 2.05) is 12.1 Å². The van der Waals surface area contributed by atoms with E-state index in [0.29, 0.717) is 0 Å². The lowest BCUT2D eigenvalue weighted by atomic mass is 9.98. The Kier molecular flexibility index (Phi) is 3.07. The number of hydrogen-bond acceptors (Lipinski definition) is 4. The van der Waals surface area contributed by atoms with Crippen LogP contribution < -0.4 is 10.6 Å². The van der Waals surface area contributed by atoms with Crippen LogP contribution in [0.25, 0.3) is 0 Å². The molecule has 1 aromatic carbocycles. The van der Waals surface area contributed by atoms with Crippen LogP contribution in [0.5, 0.6) is 0 Å². The fourth-order valence-electron chi connectivity index (χ4n) is 2.55. The SMILES string of the molecule is CCc1cc(N2CCc3cccc(N)c3C2)ncn1. The number of nitrogen functional groups attached to an aromatic ring is 1. The molecular formula is C15H18N4. The summed E-state index contributed by atoms with van der Waals surface area (Å²) in [6, 6.07) is 8.24. The molecule has 0 aliphatic carbocycles.